The number of carboxylic acids is 1. The van der Waals surface area contributed by atoms with Crippen molar-refractivity contribution in [1.82, 2.24) is 20.3 Å². The zero-order valence-corrected chi connectivity index (χ0v) is 39.8. The number of primary amides is 1. The smallest absolute Gasteiger partial charge is 0.333 e. The lowest BCUT2D eigenvalue weighted by molar-refractivity contribution is -0.144. The molecule has 0 radical (unpaired) electrons. The summed E-state index contributed by atoms with van der Waals surface area (Å²) in [5.74, 6) is -7.18. The van der Waals surface area contributed by atoms with Gasteiger partial charge in [0.25, 0.3) is 0 Å². The molecule has 1 aliphatic rings. The molecule has 0 aliphatic carbocycles. The van der Waals surface area contributed by atoms with Crippen LogP contribution < -0.4 is 20.7 Å². The van der Waals surface area contributed by atoms with Gasteiger partial charge in [-0.3, -0.25) is 28.9 Å². The van der Waals surface area contributed by atoms with Crippen LogP contribution in [0.1, 0.15) is 86.5 Å². The fourth-order valence-corrected chi connectivity index (χ4v) is 7.99. The predicted octanol–water partition coefficient (Wildman–Crippen LogP) is 7.90. The zero-order chi connectivity index (χ0) is 49.0. The summed E-state index contributed by atoms with van der Waals surface area (Å²) in [7, 11) is 0. The Hall–Kier alpha value is -6.16. The lowest BCUT2D eigenvalue weighted by atomic mass is 9.76. The van der Waals surface area contributed by atoms with Gasteiger partial charge in [-0.25, -0.2) is 19.7 Å². The molecular weight excluding hydrogens is 923 g/mol. The summed E-state index contributed by atoms with van der Waals surface area (Å²) < 4.78 is 9.29. The molecule has 67 heavy (non-hydrogen) atoms. The van der Waals surface area contributed by atoms with E-state index in [-0.39, 0.29) is 68.7 Å². The number of aliphatic carboxylic acids is 1. The lowest BCUT2D eigenvalue weighted by Gasteiger charge is -2.27. The van der Waals surface area contributed by atoms with Crippen LogP contribution >= 0.6 is 34.8 Å². The van der Waals surface area contributed by atoms with E-state index in [4.69, 9.17) is 50.0 Å². The molecule has 6 atom stereocenters. The molecule has 15 nitrogen and oxygen atoms in total. The number of carbonyl (C=O) groups excluding carboxylic acids is 5. The van der Waals surface area contributed by atoms with Crippen molar-refractivity contribution in [2.45, 2.75) is 69.7 Å². The largest absolute Gasteiger partial charge is 0.489 e. The second kappa shape index (κ2) is 23.5. The first kappa shape index (κ1) is 51.8. The van der Waals surface area contributed by atoms with Crippen LogP contribution in [0.5, 0.6) is 5.75 Å². The highest BCUT2D eigenvalue weighted by molar-refractivity contribution is 6.66. The number of aromatic nitrogens is 3. The van der Waals surface area contributed by atoms with Gasteiger partial charge in [0.2, 0.25) is 27.4 Å². The third-order valence-electron chi connectivity index (χ3n) is 11.4. The summed E-state index contributed by atoms with van der Waals surface area (Å²) in [6, 6.07) is 23.4. The molecule has 354 valence electrons. The Balaban J connectivity index is 1.30. The molecule has 3 aromatic carbocycles. The van der Waals surface area contributed by atoms with E-state index in [2.05, 4.69) is 26.8 Å². The number of anilines is 1. The van der Waals surface area contributed by atoms with E-state index in [1.165, 1.54) is 11.8 Å². The number of nitrogens with one attached hydrogen (secondary N) is 1. The highest BCUT2D eigenvalue weighted by Gasteiger charge is 2.47. The summed E-state index contributed by atoms with van der Waals surface area (Å²) >= 11 is 17.9. The van der Waals surface area contributed by atoms with Crippen molar-refractivity contribution >= 4 is 88.2 Å². The standard InChI is InChI=1S/C49H53Cl3N6O9/c1-28(2)47(65)66-22-21-54-43(60)29(3)23-37(46(63)64)25-36(42(53)59)24-35(26-40-30(4)44(61)58(45(40)62)38-9-7-6-8-10-38)34-16-11-33(12-17-34)27-67-39-18-13-32(14-19-39)15-20-41-55-31(5)56-48(57-41)49(50,51)52/h6-20,29-30,35-37,40H,1,21-27H2,2-5H3,(H2,53,59)(H,54,60)(H,63,64)/b20-15+. The minimum Gasteiger partial charge on any atom is -0.489 e. The van der Waals surface area contributed by atoms with Crippen LogP contribution in [-0.4, -0.2) is 68.8 Å². The zero-order valence-electron chi connectivity index (χ0n) is 37.5. The van der Waals surface area contributed by atoms with E-state index in [1.807, 2.05) is 36.4 Å². The number of alkyl halides is 3. The maximum atomic E-state index is 14.0. The first-order chi connectivity index (χ1) is 31.7. The third kappa shape index (κ3) is 14.7. The van der Waals surface area contributed by atoms with Crippen molar-refractivity contribution in [3.8, 4) is 5.75 Å². The molecule has 0 bridgehead atoms. The van der Waals surface area contributed by atoms with Gasteiger partial charge in [-0.1, -0.05) is 116 Å². The normalized spacial score (nSPS) is 16.9. The van der Waals surface area contributed by atoms with Gasteiger partial charge < -0.3 is 25.6 Å². The Morgan fingerprint density at radius 1 is 0.910 bits per heavy atom. The molecule has 2 heterocycles. The van der Waals surface area contributed by atoms with Crippen molar-refractivity contribution in [1.29, 1.82) is 0 Å². The first-order valence-electron chi connectivity index (χ1n) is 21.6. The molecule has 5 rings (SSSR count). The lowest BCUT2D eigenvalue weighted by Crippen LogP contribution is -2.35. The van der Waals surface area contributed by atoms with Crippen LogP contribution in [0.4, 0.5) is 5.69 Å². The Morgan fingerprint density at radius 2 is 1.58 bits per heavy atom. The SMILES string of the molecule is C=C(C)C(=O)OCCNC(=O)C(C)CC(CC(CC(CC1C(=O)N(c2ccccc2)C(=O)C1C)c1ccc(COc2ccc(/C=C/c3nc(C)nc(C(Cl)(Cl)Cl)n3)cc2)cc1)C(N)=O)C(=O)O. The minimum absolute atomic E-state index is 0.0122. The number of imide groups is 1. The fourth-order valence-electron chi connectivity index (χ4n) is 7.74. The fraction of sp³-hybridized carbons (Fsp3) is 0.367. The number of halogens is 3. The van der Waals surface area contributed by atoms with Gasteiger partial charge in [0.1, 0.15) is 24.8 Å². The second-order valence-electron chi connectivity index (χ2n) is 16.6. The average Bonchev–Trinajstić information content (AvgIpc) is 3.50. The highest BCUT2D eigenvalue weighted by Crippen LogP contribution is 2.41. The number of hydrogen-bond donors (Lipinski definition) is 3. The molecule has 18 heteroatoms. The molecule has 1 saturated heterocycles. The summed E-state index contributed by atoms with van der Waals surface area (Å²) in [4.78, 5) is 91.7. The minimum atomic E-state index is -1.79. The van der Waals surface area contributed by atoms with Gasteiger partial charge >= 0.3 is 11.9 Å². The number of amides is 4. The Bertz CT molecular complexity index is 2460. The van der Waals surface area contributed by atoms with Crippen LogP contribution in [0.2, 0.25) is 0 Å². The van der Waals surface area contributed by atoms with E-state index in [0.29, 0.717) is 23.1 Å². The number of hydrogen-bond acceptors (Lipinski definition) is 11. The maximum absolute atomic E-state index is 14.0. The number of para-hydroxylation sites is 1. The van der Waals surface area contributed by atoms with Gasteiger partial charge in [0, 0.05) is 23.3 Å². The number of nitrogens with two attached hydrogens (primary N) is 1. The van der Waals surface area contributed by atoms with Gasteiger partial charge in [-0.2, -0.15) is 0 Å². The molecule has 4 N–H and O–H groups in total. The van der Waals surface area contributed by atoms with Crippen molar-refractivity contribution < 1.29 is 43.3 Å². The van der Waals surface area contributed by atoms with Crippen molar-refractivity contribution in [2.24, 2.45) is 35.3 Å². The third-order valence-corrected chi connectivity index (χ3v) is 11.9. The van der Waals surface area contributed by atoms with Crippen LogP contribution in [0, 0.1) is 36.5 Å². The number of carbonyl (C=O) groups is 6. The molecule has 6 unspecified atom stereocenters. The van der Waals surface area contributed by atoms with Crippen molar-refractivity contribution in [3.05, 3.63) is 125 Å². The number of nitrogens with zero attached hydrogens (tertiary/aromatic N) is 4. The summed E-state index contributed by atoms with van der Waals surface area (Å²) in [6.45, 7) is 10.1. The van der Waals surface area contributed by atoms with E-state index in [1.54, 1.807) is 75.4 Å². The summed E-state index contributed by atoms with van der Waals surface area (Å²) in [5, 5.41) is 12.9. The molecule has 0 saturated carbocycles. The molecule has 1 fully saturated rings. The van der Waals surface area contributed by atoms with E-state index in [9.17, 15) is 33.9 Å². The number of ether oxygens (including phenoxy) is 2. The number of aryl methyl sites for hydroxylation is 1. The van der Waals surface area contributed by atoms with Gasteiger partial charge in [0.15, 0.2) is 11.6 Å². The number of carboxylic acid groups (broad SMARTS) is 1. The quantitative estimate of drug-likeness (QED) is 0.0225. The molecule has 0 spiro atoms. The second-order valence-corrected chi connectivity index (χ2v) is 18.9. The Kier molecular flexibility index (Phi) is 18.2. The molecule has 1 aromatic heterocycles. The van der Waals surface area contributed by atoms with Gasteiger partial charge in [0.05, 0.1) is 24.1 Å². The summed E-state index contributed by atoms with van der Waals surface area (Å²) in [5.41, 5.74) is 9.04. The van der Waals surface area contributed by atoms with E-state index in [0.717, 1.165) is 16.7 Å². The van der Waals surface area contributed by atoms with Crippen LogP contribution in [0.3, 0.4) is 0 Å². The topological polar surface area (TPSA) is 221 Å². The number of rotatable bonds is 22. The Morgan fingerprint density at radius 3 is 2.19 bits per heavy atom. The van der Waals surface area contributed by atoms with Crippen LogP contribution in [0.25, 0.3) is 12.2 Å². The van der Waals surface area contributed by atoms with E-state index < -0.39 is 63.1 Å². The average molecular weight is 976 g/mol. The van der Waals surface area contributed by atoms with Gasteiger partial charge in [-0.05, 0) is 92.5 Å². The van der Waals surface area contributed by atoms with Gasteiger partial charge in [-0.15, -0.1) is 0 Å². The molecule has 4 amide bonds. The molecule has 1 aliphatic heterocycles. The monoisotopic (exact) mass is 974 g/mol. The van der Waals surface area contributed by atoms with Crippen LogP contribution in [0.15, 0.2) is 91.0 Å². The number of esters is 1. The first-order valence-corrected chi connectivity index (χ1v) is 22.7. The summed E-state index contributed by atoms with van der Waals surface area (Å²) in [6.07, 6.45) is 3.44. The van der Waals surface area contributed by atoms with E-state index >= 15 is 0 Å². The number of benzene rings is 3. The highest BCUT2D eigenvalue weighted by atomic mass is 35.6. The Labute approximate surface area is 404 Å². The van der Waals surface area contributed by atoms with Crippen LogP contribution in [-0.2, 0) is 43.9 Å². The predicted molar refractivity (Wildman–Crippen MR) is 254 cm³/mol. The van der Waals surface area contributed by atoms with Crippen molar-refractivity contribution in [2.75, 3.05) is 18.1 Å². The maximum Gasteiger partial charge on any atom is 0.333 e. The van der Waals surface area contributed by atoms with Crippen molar-refractivity contribution in [3.63, 3.8) is 0 Å². The molecule has 4 aromatic rings. The molecular formula is C49H53Cl3N6O9.